The van der Waals surface area contributed by atoms with Gasteiger partial charge in [-0.15, -0.1) is 0 Å². The quantitative estimate of drug-likeness (QED) is 0.689. The first-order valence-corrected chi connectivity index (χ1v) is 6.95. The summed E-state index contributed by atoms with van der Waals surface area (Å²) in [7, 11) is 1.33. The summed E-state index contributed by atoms with van der Waals surface area (Å²) >= 11 is 1.95. The molecule has 1 aliphatic rings. The first kappa shape index (κ1) is 14.3. The van der Waals surface area contributed by atoms with E-state index in [-0.39, 0.29) is 5.91 Å². The number of esters is 1. The van der Waals surface area contributed by atoms with Gasteiger partial charge in [-0.3, -0.25) is 4.79 Å². The molecule has 5 nitrogen and oxygen atoms in total. The number of methoxy groups -OCH3 is 1. The molecule has 1 saturated heterocycles. The Morgan fingerprint density at radius 2 is 2.06 bits per heavy atom. The van der Waals surface area contributed by atoms with Gasteiger partial charge in [0.2, 0.25) is 5.91 Å². The number of ether oxygens (including phenoxy) is 1. The molecule has 1 heterocycles. The molecule has 2 N–H and O–H groups in total. The molecular weight excluding hydrogens is 240 g/mol. The molecule has 0 saturated carbocycles. The van der Waals surface area contributed by atoms with E-state index in [0.29, 0.717) is 12.6 Å². The molecule has 1 atom stereocenters. The van der Waals surface area contributed by atoms with Gasteiger partial charge in [-0.05, 0) is 24.3 Å². The molecule has 1 fully saturated rings. The SMILES string of the molecule is COC(=O)C(CNC1CCSCC1)NC(C)=O. The van der Waals surface area contributed by atoms with Crippen LogP contribution in [-0.4, -0.2) is 49.1 Å². The van der Waals surface area contributed by atoms with Gasteiger partial charge in [-0.25, -0.2) is 4.79 Å². The minimum Gasteiger partial charge on any atom is -0.467 e. The Hall–Kier alpha value is -0.750. The smallest absolute Gasteiger partial charge is 0.329 e. The average Bonchev–Trinajstić information content (AvgIpc) is 2.34. The second kappa shape index (κ2) is 7.55. The topological polar surface area (TPSA) is 67.4 Å². The van der Waals surface area contributed by atoms with Crippen molar-refractivity contribution in [1.29, 1.82) is 0 Å². The fourth-order valence-electron chi connectivity index (χ4n) is 1.77. The molecule has 0 aromatic heterocycles. The van der Waals surface area contributed by atoms with E-state index in [4.69, 9.17) is 0 Å². The highest BCUT2D eigenvalue weighted by molar-refractivity contribution is 7.99. The summed E-state index contributed by atoms with van der Waals surface area (Å²) in [4.78, 5) is 22.4. The average molecular weight is 260 g/mol. The van der Waals surface area contributed by atoms with Crippen LogP contribution >= 0.6 is 11.8 Å². The van der Waals surface area contributed by atoms with Crippen LogP contribution in [0.2, 0.25) is 0 Å². The zero-order valence-corrected chi connectivity index (χ0v) is 11.1. The number of thioether (sulfide) groups is 1. The van der Waals surface area contributed by atoms with Crippen molar-refractivity contribution < 1.29 is 14.3 Å². The zero-order chi connectivity index (χ0) is 12.7. The van der Waals surface area contributed by atoms with Crippen LogP contribution in [0.25, 0.3) is 0 Å². The molecule has 6 heteroatoms. The summed E-state index contributed by atoms with van der Waals surface area (Å²) in [5.74, 6) is 1.68. The molecule has 0 bridgehead atoms. The lowest BCUT2D eigenvalue weighted by Gasteiger charge is -2.25. The van der Waals surface area contributed by atoms with Gasteiger partial charge in [0.15, 0.2) is 0 Å². The number of hydrogen-bond acceptors (Lipinski definition) is 5. The summed E-state index contributed by atoms with van der Waals surface area (Å²) in [6.07, 6.45) is 2.22. The summed E-state index contributed by atoms with van der Waals surface area (Å²) in [6, 6.07) is -0.149. The molecule has 0 aromatic carbocycles. The first-order chi connectivity index (χ1) is 8.13. The molecular formula is C11H20N2O3S. The predicted octanol–water partition coefficient (Wildman–Crippen LogP) is 0.149. The Kier molecular flexibility index (Phi) is 6.36. The molecule has 1 unspecified atom stereocenters. The van der Waals surface area contributed by atoms with E-state index >= 15 is 0 Å². The summed E-state index contributed by atoms with van der Waals surface area (Å²) in [6.45, 7) is 1.83. The third-order valence-electron chi connectivity index (χ3n) is 2.70. The van der Waals surface area contributed by atoms with Gasteiger partial charge in [0.25, 0.3) is 0 Å². The van der Waals surface area contributed by atoms with Crippen LogP contribution in [0.15, 0.2) is 0 Å². The lowest BCUT2D eigenvalue weighted by atomic mass is 10.1. The molecule has 1 rings (SSSR count). The highest BCUT2D eigenvalue weighted by Crippen LogP contribution is 2.16. The van der Waals surface area contributed by atoms with Crippen LogP contribution in [0.4, 0.5) is 0 Å². The van der Waals surface area contributed by atoms with Crippen LogP contribution in [-0.2, 0) is 14.3 Å². The second-order valence-electron chi connectivity index (χ2n) is 4.07. The van der Waals surface area contributed by atoms with E-state index in [9.17, 15) is 9.59 Å². The molecule has 98 valence electrons. The molecule has 0 aromatic rings. The Balaban J connectivity index is 2.36. The first-order valence-electron chi connectivity index (χ1n) is 5.79. The van der Waals surface area contributed by atoms with Gasteiger partial charge < -0.3 is 15.4 Å². The molecule has 1 aliphatic heterocycles. The summed E-state index contributed by atoms with van der Waals surface area (Å²) in [5.41, 5.74) is 0. The van der Waals surface area contributed by atoms with E-state index in [1.165, 1.54) is 14.0 Å². The van der Waals surface area contributed by atoms with Crippen molar-refractivity contribution in [3.8, 4) is 0 Å². The highest BCUT2D eigenvalue weighted by atomic mass is 32.2. The Labute approximate surface area is 106 Å². The lowest BCUT2D eigenvalue weighted by molar-refractivity contribution is -0.144. The number of rotatable bonds is 5. The normalized spacial score (nSPS) is 18.5. The number of hydrogen-bond donors (Lipinski definition) is 2. The molecule has 0 radical (unpaired) electrons. The largest absolute Gasteiger partial charge is 0.467 e. The molecule has 17 heavy (non-hydrogen) atoms. The lowest BCUT2D eigenvalue weighted by Crippen LogP contribution is -2.49. The molecule has 0 aliphatic carbocycles. The summed E-state index contributed by atoms with van der Waals surface area (Å²) < 4.78 is 4.66. The van der Waals surface area contributed by atoms with Crippen LogP contribution in [0.3, 0.4) is 0 Å². The van der Waals surface area contributed by atoms with Gasteiger partial charge in [0.05, 0.1) is 7.11 Å². The minimum absolute atomic E-state index is 0.221. The third-order valence-corrected chi connectivity index (χ3v) is 3.74. The van der Waals surface area contributed by atoms with Gasteiger partial charge >= 0.3 is 5.97 Å². The number of nitrogens with one attached hydrogen (secondary N) is 2. The van der Waals surface area contributed by atoms with Crippen LogP contribution < -0.4 is 10.6 Å². The van der Waals surface area contributed by atoms with Crippen LogP contribution in [0.1, 0.15) is 19.8 Å². The maximum Gasteiger partial charge on any atom is 0.329 e. The van der Waals surface area contributed by atoms with Crippen molar-refractivity contribution in [2.45, 2.75) is 31.8 Å². The van der Waals surface area contributed by atoms with Crippen molar-refractivity contribution >= 4 is 23.6 Å². The van der Waals surface area contributed by atoms with Crippen molar-refractivity contribution in [2.24, 2.45) is 0 Å². The maximum atomic E-state index is 11.4. The number of amides is 1. The minimum atomic E-state index is -0.591. The standard InChI is InChI=1S/C11H20N2O3S/c1-8(14)13-10(11(15)16-2)7-12-9-3-5-17-6-4-9/h9-10,12H,3-7H2,1-2H3,(H,13,14). The van der Waals surface area contributed by atoms with Crippen LogP contribution in [0, 0.1) is 0 Å². The van der Waals surface area contributed by atoms with Gasteiger partial charge in [0, 0.05) is 19.5 Å². The highest BCUT2D eigenvalue weighted by Gasteiger charge is 2.22. The van der Waals surface area contributed by atoms with E-state index in [1.54, 1.807) is 0 Å². The predicted molar refractivity (Wildman–Crippen MR) is 68.0 cm³/mol. The van der Waals surface area contributed by atoms with Crippen molar-refractivity contribution in [1.82, 2.24) is 10.6 Å². The van der Waals surface area contributed by atoms with Crippen molar-refractivity contribution in [3.05, 3.63) is 0 Å². The fourth-order valence-corrected chi connectivity index (χ4v) is 2.87. The molecule has 1 amide bonds. The van der Waals surface area contributed by atoms with Gasteiger partial charge in [0.1, 0.15) is 6.04 Å². The Morgan fingerprint density at radius 1 is 1.41 bits per heavy atom. The van der Waals surface area contributed by atoms with Crippen molar-refractivity contribution in [3.63, 3.8) is 0 Å². The van der Waals surface area contributed by atoms with E-state index < -0.39 is 12.0 Å². The van der Waals surface area contributed by atoms with Crippen LogP contribution in [0.5, 0.6) is 0 Å². The second-order valence-corrected chi connectivity index (χ2v) is 5.30. The maximum absolute atomic E-state index is 11.4. The Bertz CT molecular complexity index is 267. The van der Waals surface area contributed by atoms with Crippen molar-refractivity contribution in [2.75, 3.05) is 25.2 Å². The number of carbonyl (C=O) groups excluding carboxylic acids is 2. The third kappa shape index (κ3) is 5.41. The van der Waals surface area contributed by atoms with Gasteiger partial charge in [-0.2, -0.15) is 11.8 Å². The van der Waals surface area contributed by atoms with E-state index in [1.807, 2.05) is 11.8 Å². The van der Waals surface area contributed by atoms with Gasteiger partial charge in [-0.1, -0.05) is 0 Å². The molecule has 0 spiro atoms. The monoisotopic (exact) mass is 260 g/mol. The fraction of sp³-hybridized carbons (Fsp3) is 0.818. The Morgan fingerprint density at radius 3 is 2.59 bits per heavy atom. The zero-order valence-electron chi connectivity index (χ0n) is 10.3. The van der Waals surface area contributed by atoms with E-state index in [2.05, 4.69) is 15.4 Å². The van der Waals surface area contributed by atoms with E-state index in [0.717, 1.165) is 24.3 Å². The number of carbonyl (C=O) groups is 2. The summed E-state index contributed by atoms with van der Waals surface area (Å²) in [5, 5.41) is 5.90.